The van der Waals surface area contributed by atoms with Crippen molar-refractivity contribution in [3.63, 3.8) is 0 Å². The lowest BCUT2D eigenvalue weighted by atomic mass is 9.87. The standard InChI is InChI=1S/C12H22N2O/c1-5-7-14-8-6-13-11(14)9-10(15)12(2,3)4/h6,8,10,15H,5,7,9H2,1-4H3. The first-order chi connectivity index (χ1) is 6.95. The van der Waals surface area contributed by atoms with Crippen LogP contribution in [0, 0.1) is 5.41 Å². The molecular weight excluding hydrogens is 188 g/mol. The van der Waals surface area contributed by atoms with Crippen LogP contribution in [0.4, 0.5) is 0 Å². The van der Waals surface area contributed by atoms with E-state index in [1.165, 1.54) is 0 Å². The normalized spacial score (nSPS) is 14.2. The Morgan fingerprint density at radius 3 is 2.67 bits per heavy atom. The van der Waals surface area contributed by atoms with E-state index in [4.69, 9.17) is 0 Å². The van der Waals surface area contributed by atoms with Gasteiger partial charge in [-0.3, -0.25) is 0 Å². The van der Waals surface area contributed by atoms with Gasteiger partial charge >= 0.3 is 0 Å². The number of hydrogen-bond acceptors (Lipinski definition) is 2. The van der Waals surface area contributed by atoms with Crippen LogP contribution in [0.15, 0.2) is 12.4 Å². The van der Waals surface area contributed by atoms with Gasteiger partial charge in [-0.05, 0) is 11.8 Å². The number of imidazole rings is 1. The van der Waals surface area contributed by atoms with Crippen LogP contribution < -0.4 is 0 Å². The lowest BCUT2D eigenvalue weighted by Crippen LogP contribution is -2.29. The fraction of sp³-hybridized carbons (Fsp3) is 0.750. The monoisotopic (exact) mass is 210 g/mol. The number of aryl methyl sites for hydroxylation is 1. The van der Waals surface area contributed by atoms with E-state index in [0.717, 1.165) is 18.8 Å². The highest BCUT2D eigenvalue weighted by Gasteiger charge is 2.23. The molecule has 0 spiro atoms. The van der Waals surface area contributed by atoms with Gasteiger partial charge in [0.25, 0.3) is 0 Å². The van der Waals surface area contributed by atoms with Crippen LogP contribution in [0.5, 0.6) is 0 Å². The average Bonchev–Trinajstić information content (AvgIpc) is 2.52. The summed E-state index contributed by atoms with van der Waals surface area (Å²) in [6, 6.07) is 0. The molecule has 0 bridgehead atoms. The highest BCUT2D eigenvalue weighted by Crippen LogP contribution is 2.21. The Morgan fingerprint density at radius 1 is 1.47 bits per heavy atom. The molecule has 86 valence electrons. The third kappa shape index (κ3) is 3.34. The van der Waals surface area contributed by atoms with E-state index in [0.29, 0.717) is 6.42 Å². The lowest BCUT2D eigenvalue weighted by molar-refractivity contribution is 0.0611. The van der Waals surface area contributed by atoms with Crippen LogP contribution in [-0.4, -0.2) is 20.8 Å². The maximum Gasteiger partial charge on any atom is 0.111 e. The smallest absolute Gasteiger partial charge is 0.111 e. The zero-order valence-corrected chi connectivity index (χ0v) is 10.2. The van der Waals surface area contributed by atoms with Crippen LogP contribution in [0.3, 0.4) is 0 Å². The van der Waals surface area contributed by atoms with Crippen molar-refractivity contribution < 1.29 is 5.11 Å². The molecule has 1 aromatic rings. The Labute approximate surface area is 92.1 Å². The Morgan fingerprint density at radius 2 is 2.13 bits per heavy atom. The number of aliphatic hydroxyl groups excluding tert-OH is 1. The Balaban J connectivity index is 2.68. The van der Waals surface area contributed by atoms with Crippen molar-refractivity contribution in [1.82, 2.24) is 9.55 Å². The molecule has 0 saturated carbocycles. The van der Waals surface area contributed by atoms with Gasteiger partial charge in [-0.15, -0.1) is 0 Å². The summed E-state index contributed by atoms with van der Waals surface area (Å²) < 4.78 is 2.12. The summed E-state index contributed by atoms with van der Waals surface area (Å²) in [7, 11) is 0. The molecule has 1 unspecified atom stereocenters. The number of hydrogen-bond donors (Lipinski definition) is 1. The molecular formula is C12H22N2O. The number of aliphatic hydroxyl groups is 1. The van der Waals surface area contributed by atoms with Crippen LogP contribution in [0.1, 0.15) is 39.9 Å². The first-order valence-electron chi connectivity index (χ1n) is 5.63. The summed E-state index contributed by atoms with van der Waals surface area (Å²) in [6.07, 6.45) is 5.18. The van der Waals surface area contributed by atoms with Crippen molar-refractivity contribution in [2.24, 2.45) is 5.41 Å². The van der Waals surface area contributed by atoms with Crippen molar-refractivity contribution >= 4 is 0 Å². The maximum atomic E-state index is 10.00. The highest BCUT2D eigenvalue weighted by molar-refractivity contribution is 4.96. The summed E-state index contributed by atoms with van der Waals surface area (Å²) in [6.45, 7) is 9.26. The zero-order chi connectivity index (χ0) is 11.5. The number of rotatable bonds is 4. The summed E-state index contributed by atoms with van der Waals surface area (Å²) >= 11 is 0. The average molecular weight is 210 g/mol. The Kier molecular flexibility index (Phi) is 3.91. The van der Waals surface area contributed by atoms with Gasteiger partial charge in [0.15, 0.2) is 0 Å². The van der Waals surface area contributed by atoms with Gasteiger partial charge in [-0.2, -0.15) is 0 Å². The van der Waals surface area contributed by atoms with E-state index >= 15 is 0 Å². The van der Waals surface area contributed by atoms with E-state index in [2.05, 4.69) is 16.5 Å². The largest absolute Gasteiger partial charge is 0.392 e. The number of nitrogens with zero attached hydrogens (tertiary/aromatic N) is 2. The molecule has 1 N–H and O–H groups in total. The maximum absolute atomic E-state index is 10.00. The molecule has 0 aliphatic carbocycles. The molecule has 1 rings (SSSR count). The summed E-state index contributed by atoms with van der Waals surface area (Å²) in [5, 5.41) is 10.00. The topological polar surface area (TPSA) is 38.0 Å². The summed E-state index contributed by atoms with van der Waals surface area (Å²) in [4.78, 5) is 4.29. The highest BCUT2D eigenvalue weighted by atomic mass is 16.3. The van der Waals surface area contributed by atoms with Crippen molar-refractivity contribution in [2.75, 3.05) is 0 Å². The second-order valence-electron chi connectivity index (χ2n) is 5.12. The molecule has 3 nitrogen and oxygen atoms in total. The van der Waals surface area contributed by atoms with Crippen LogP contribution >= 0.6 is 0 Å². The second kappa shape index (κ2) is 4.79. The molecule has 15 heavy (non-hydrogen) atoms. The summed E-state index contributed by atoms with van der Waals surface area (Å²) in [5.41, 5.74) is -0.0804. The first kappa shape index (κ1) is 12.2. The molecule has 0 amide bonds. The minimum atomic E-state index is -0.337. The van der Waals surface area contributed by atoms with Gasteiger partial charge in [0.05, 0.1) is 6.10 Å². The van der Waals surface area contributed by atoms with Gasteiger partial charge in [0.1, 0.15) is 5.82 Å². The third-order valence-electron chi connectivity index (χ3n) is 2.64. The minimum absolute atomic E-state index is 0.0804. The minimum Gasteiger partial charge on any atom is -0.392 e. The van der Waals surface area contributed by atoms with Gasteiger partial charge in [-0.1, -0.05) is 27.7 Å². The van der Waals surface area contributed by atoms with Crippen LogP contribution in [-0.2, 0) is 13.0 Å². The van der Waals surface area contributed by atoms with Crippen molar-refractivity contribution in [3.8, 4) is 0 Å². The van der Waals surface area contributed by atoms with E-state index in [1.807, 2.05) is 27.0 Å². The van der Waals surface area contributed by atoms with Crippen LogP contribution in [0.25, 0.3) is 0 Å². The van der Waals surface area contributed by atoms with E-state index in [9.17, 15) is 5.11 Å². The predicted octanol–water partition coefficient (Wildman–Crippen LogP) is 2.24. The second-order valence-corrected chi connectivity index (χ2v) is 5.12. The number of aromatic nitrogens is 2. The predicted molar refractivity (Wildman–Crippen MR) is 61.7 cm³/mol. The van der Waals surface area contributed by atoms with Gasteiger partial charge in [0.2, 0.25) is 0 Å². The van der Waals surface area contributed by atoms with Crippen molar-refractivity contribution in [2.45, 2.75) is 53.2 Å². The molecule has 3 heteroatoms. The van der Waals surface area contributed by atoms with Gasteiger partial charge in [0, 0.05) is 25.4 Å². The van der Waals surface area contributed by atoms with Gasteiger partial charge in [-0.25, -0.2) is 4.98 Å². The first-order valence-corrected chi connectivity index (χ1v) is 5.63. The molecule has 0 aliphatic rings. The lowest BCUT2D eigenvalue weighted by Gasteiger charge is -2.25. The molecule has 1 aromatic heterocycles. The van der Waals surface area contributed by atoms with E-state index in [-0.39, 0.29) is 11.5 Å². The molecule has 0 fully saturated rings. The zero-order valence-electron chi connectivity index (χ0n) is 10.2. The quantitative estimate of drug-likeness (QED) is 0.827. The molecule has 1 atom stereocenters. The Bertz CT molecular complexity index is 299. The van der Waals surface area contributed by atoms with E-state index in [1.54, 1.807) is 6.20 Å². The Hall–Kier alpha value is -0.830. The van der Waals surface area contributed by atoms with E-state index < -0.39 is 0 Å². The van der Waals surface area contributed by atoms with Crippen molar-refractivity contribution in [1.29, 1.82) is 0 Å². The molecule has 0 radical (unpaired) electrons. The molecule has 1 heterocycles. The van der Waals surface area contributed by atoms with Crippen LogP contribution in [0.2, 0.25) is 0 Å². The third-order valence-corrected chi connectivity index (χ3v) is 2.64. The SMILES string of the molecule is CCCn1ccnc1CC(O)C(C)(C)C. The molecule has 0 saturated heterocycles. The van der Waals surface area contributed by atoms with Crippen molar-refractivity contribution in [3.05, 3.63) is 18.2 Å². The molecule has 0 aliphatic heterocycles. The fourth-order valence-corrected chi connectivity index (χ4v) is 1.45. The van der Waals surface area contributed by atoms with Gasteiger partial charge < -0.3 is 9.67 Å². The summed E-state index contributed by atoms with van der Waals surface area (Å²) in [5.74, 6) is 0.985. The fourth-order valence-electron chi connectivity index (χ4n) is 1.45. The molecule has 0 aromatic carbocycles.